The van der Waals surface area contributed by atoms with Gasteiger partial charge < -0.3 is 17.0 Å². The van der Waals surface area contributed by atoms with E-state index in [1.54, 1.807) is 0 Å². The Labute approximate surface area is 156 Å². The monoisotopic (exact) mass is 437 g/mol. The number of hydrogen-bond donors (Lipinski definition) is 0. The van der Waals surface area contributed by atoms with Crippen molar-refractivity contribution in [3.05, 3.63) is 66.2 Å². The first-order chi connectivity index (χ1) is 10.6. The van der Waals surface area contributed by atoms with Gasteiger partial charge in [0.05, 0.1) is 0 Å². The van der Waals surface area contributed by atoms with Gasteiger partial charge in [0, 0.05) is 0 Å². The van der Waals surface area contributed by atoms with E-state index in [4.69, 9.17) is 0 Å². The third kappa shape index (κ3) is 5.31. The number of benzene rings is 2. The van der Waals surface area contributed by atoms with Gasteiger partial charge in [0.25, 0.3) is 0 Å². The topological polar surface area (TPSA) is 3.01 Å². The molecule has 2 aromatic rings. The second kappa shape index (κ2) is 8.28. The van der Waals surface area contributed by atoms with Crippen LogP contribution in [0.3, 0.4) is 0 Å². The third-order valence-corrected chi connectivity index (χ3v) is 6.57. The Bertz CT molecular complexity index is 637. The standard InChI is InChI=1S/C20H24NSe.BrH/c1-20(2)13-18(15-22-19-11-7-4-8-12-19)21(16-20)14-17-9-5-3-6-10-17;/h3-12,16,18H,13-15H2,1-2H3;1H/q+1;/p-1. The molecule has 122 valence electrons. The molecular formula is C20H24BrNSe. The molecular weight excluding hydrogens is 413 g/mol. The van der Waals surface area contributed by atoms with Crippen LogP contribution in [0.2, 0.25) is 5.32 Å². The predicted molar refractivity (Wildman–Crippen MR) is 95.3 cm³/mol. The van der Waals surface area contributed by atoms with Crippen LogP contribution in [0.5, 0.6) is 0 Å². The summed E-state index contributed by atoms with van der Waals surface area (Å²) in [5.74, 6) is 0. The van der Waals surface area contributed by atoms with Crippen LogP contribution in [0.1, 0.15) is 25.8 Å². The fraction of sp³-hybridized carbons (Fsp3) is 0.350. The molecule has 0 N–H and O–H groups in total. The Balaban J connectivity index is 0.00000192. The maximum atomic E-state index is 2.58. The van der Waals surface area contributed by atoms with Crippen LogP contribution in [-0.2, 0) is 6.54 Å². The molecule has 0 radical (unpaired) electrons. The molecule has 1 unspecified atom stereocenters. The fourth-order valence-corrected chi connectivity index (χ4v) is 5.35. The van der Waals surface area contributed by atoms with Crippen molar-refractivity contribution in [3.8, 4) is 0 Å². The zero-order valence-corrected chi connectivity index (χ0v) is 17.1. The van der Waals surface area contributed by atoms with E-state index in [1.807, 2.05) is 0 Å². The van der Waals surface area contributed by atoms with Gasteiger partial charge in [-0.25, -0.2) is 0 Å². The smallest absolute Gasteiger partial charge is 1.00 e. The molecule has 0 bridgehead atoms. The maximum absolute atomic E-state index is 2.58. The Morgan fingerprint density at radius 2 is 1.61 bits per heavy atom. The zero-order chi connectivity index (χ0) is 15.4. The maximum Gasteiger partial charge on any atom is -1.00 e. The van der Waals surface area contributed by atoms with Crippen molar-refractivity contribution >= 4 is 25.6 Å². The minimum Gasteiger partial charge on any atom is -1.00 e. The van der Waals surface area contributed by atoms with Crippen molar-refractivity contribution < 1.29 is 21.6 Å². The van der Waals surface area contributed by atoms with Crippen LogP contribution in [0.15, 0.2) is 60.7 Å². The molecule has 1 aliphatic heterocycles. The molecule has 0 saturated carbocycles. The van der Waals surface area contributed by atoms with Crippen LogP contribution in [-0.4, -0.2) is 31.8 Å². The number of rotatable bonds is 5. The van der Waals surface area contributed by atoms with E-state index in [-0.39, 0.29) is 17.0 Å². The van der Waals surface area contributed by atoms with Crippen molar-refractivity contribution in [2.75, 3.05) is 0 Å². The van der Waals surface area contributed by atoms with Crippen molar-refractivity contribution in [1.82, 2.24) is 0 Å². The van der Waals surface area contributed by atoms with Gasteiger partial charge in [-0.2, -0.15) is 0 Å². The quantitative estimate of drug-likeness (QED) is 0.474. The van der Waals surface area contributed by atoms with E-state index in [9.17, 15) is 0 Å². The molecule has 1 heterocycles. The van der Waals surface area contributed by atoms with Gasteiger partial charge >= 0.3 is 140 Å². The zero-order valence-electron chi connectivity index (χ0n) is 13.8. The minimum atomic E-state index is 0. The molecule has 1 aliphatic rings. The third-order valence-electron chi connectivity index (χ3n) is 4.14. The summed E-state index contributed by atoms with van der Waals surface area (Å²) in [4.78, 5) is 0. The van der Waals surface area contributed by atoms with Crippen LogP contribution in [0.4, 0.5) is 0 Å². The summed E-state index contributed by atoms with van der Waals surface area (Å²) in [6.07, 6.45) is 3.74. The van der Waals surface area contributed by atoms with Crippen LogP contribution in [0, 0.1) is 5.41 Å². The average molecular weight is 437 g/mol. The normalized spacial score (nSPS) is 19.0. The molecule has 0 fully saturated rings. The SMILES string of the molecule is CC1(C)C=[N+](Cc2ccccc2)C(C[Se]c2ccccc2)C1.[Br-]. The Morgan fingerprint density at radius 1 is 1.00 bits per heavy atom. The Morgan fingerprint density at radius 3 is 2.26 bits per heavy atom. The fourth-order valence-electron chi connectivity index (χ4n) is 3.16. The summed E-state index contributed by atoms with van der Waals surface area (Å²) in [6.45, 7) is 5.76. The van der Waals surface area contributed by atoms with Crippen molar-refractivity contribution in [2.45, 2.75) is 38.2 Å². The summed E-state index contributed by atoms with van der Waals surface area (Å²) in [5.41, 5.74) is 1.74. The number of nitrogens with zero attached hydrogens (tertiary/aromatic N) is 1. The average Bonchev–Trinajstić information content (AvgIpc) is 2.81. The molecule has 1 nitrogen and oxygen atoms in total. The van der Waals surface area contributed by atoms with Crippen molar-refractivity contribution in [3.63, 3.8) is 0 Å². The van der Waals surface area contributed by atoms with Crippen LogP contribution >= 0.6 is 0 Å². The first-order valence-corrected chi connectivity index (χ1v) is 10.0. The Hall–Kier alpha value is -0.891. The first kappa shape index (κ1) is 18.4. The summed E-state index contributed by atoms with van der Waals surface area (Å²) < 4.78 is 4.10. The van der Waals surface area contributed by atoms with Crippen molar-refractivity contribution in [2.24, 2.45) is 5.41 Å². The van der Waals surface area contributed by atoms with E-state index >= 15 is 0 Å². The molecule has 0 aliphatic carbocycles. The second-order valence-corrected chi connectivity index (χ2v) is 9.05. The van der Waals surface area contributed by atoms with Gasteiger partial charge in [0.2, 0.25) is 0 Å². The van der Waals surface area contributed by atoms with Gasteiger partial charge in [-0.15, -0.1) is 0 Å². The molecule has 0 spiro atoms. The van der Waals surface area contributed by atoms with Gasteiger partial charge in [0.15, 0.2) is 0 Å². The molecule has 0 amide bonds. The summed E-state index contributed by atoms with van der Waals surface area (Å²) >= 11 is 0.565. The Kier molecular flexibility index (Phi) is 6.64. The summed E-state index contributed by atoms with van der Waals surface area (Å²) in [7, 11) is 0. The van der Waals surface area contributed by atoms with Gasteiger partial charge in [-0.1, -0.05) is 0 Å². The molecule has 2 aromatic carbocycles. The number of halogens is 1. The second-order valence-electron chi connectivity index (χ2n) is 6.76. The summed E-state index contributed by atoms with van der Waals surface area (Å²) in [5, 5.41) is 1.30. The van der Waals surface area contributed by atoms with E-state index in [0.717, 1.165) is 6.54 Å². The molecule has 23 heavy (non-hydrogen) atoms. The molecule has 3 heteroatoms. The number of hydrogen-bond acceptors (Lipinski definition) is 0. The van der Waals surface area contributed by atoms with Gasteiger partial charge in [-0.3, -0.25) is 0 Å². The van der Waals surface area contributed by atoms with Crippen LogP contribution < -0.4 is 21.4 Å². The largest absolute Gasteiger partial charge is 1.00 e. The van der Waals surface area contributed by atoms with Crippen LogP contribution in [0.25, 0.3) is 0 Å². The molecule has 0 aromatic heterocycles. The minimum absolute atomic E-state index is 0. The summed E-state index contributed by atoms with van der Waals surface area (Å²) in [6, 6.07) is 22.5. The molecule has 3 rings (SSSR count). The molecule has 1 atom stereocenters. The van der Waals surface area contributed by atoms with Gasteiger partial charge in [0.1, 0.15) is 0 Å². The van der Waals surface area contributed by atoms with Crippen molar-refractivity contribution in [1.29, 1.82) is 0 Å². The van der Waals surface area contributed by atoms with E-state index < -0.39 is 0 Å². The van der Waals surface area contributed by atoms with E-state index in [1.165, 1.54) is 21.8 Å². The van der Waals surface area contributed by atoms with E-state index in [2.05, 4.69) is 85.3 Å². The van der Waals surface area contributed by atoms with Gasteiger partial charge in [-0.05, 0) is 0 Å². The predicted octanol–water partition coefficient (Wildman–Crippen LogP) is 0.520. The first-order valence-electron chi connectivity index (χ1n) is 7.96. The van der Waals surface area contributed by atoms with E-state index in [0.29, 0.717) is 26.4 Å². The molecule has 0 saturated heterocycles.